The van der Waals surface area contributed by atoms with E-state index in [-0.39, 0.29) is 6.61 Å². The molecule has 34 heavy (non-hydrogen) atoms. The van der Waals surface area contributed by atoms with Crippen molar-refractivity contribution >= 4 is 5.97 Å². The van der Waals surface area contributed by atoms with Crippen LogP contribution >= 0.6 is 0 Å². The van der Waals surface area contributed by atoms with E-state index >= 15 is 0 Å². The predicted octanol–water partition coefficient (Wildman–Crippen LogP) is 6.60. The highest BCUT2D eigenvalue weighted by molar-refractivity contribution is 5.76. The molecule has 1 aliphatic carbocycles. The molecule has 172 valence electrons. The van der Waals surface area contributed by atoms with E-state index in [1.807, 2.05) is 54.6 Å². The molecule has 0 aliphatic heterocycles. The zero-order valence-corrected chi connectivity index (χ0v) is 18.9. The van der Waals surface area contributed by atoms with Crippen molar-refractivity contribution in [1.82, 2.24) is 4.98 Å². The number of hydrogen-bond acceptors (Lipinski definition) is 4. The largest absolute Gasteiger partial charge is 0.482 e. The van der Waals surface area contributed by atoms with E-state index in [9.17, 15) is 4.79 Å². The number of aromatic nitrogens is 1. The van der Waals surface area contributed by atoms with E-state index in [1.54, 1.807) is 0 Å². The van der Waals surface area contributed by atoms with Gasteiger partial charge in [-0.25, -0.2) is 9.78 Å². The highest BCUT2D eigenvalue weighted by Gasteiger charge is 2.31. The number of carbonyl (C=O) groups is 1. The minimum atomic E-state index is -0.975. The molecule has 5 rings (SSSR count). The van der Waals surface area contributed by atoms with E-state index < -0.39 is 5.97 Å². The van der Waals surface area contributed by atoms with Crippen LogP contribution in [0.15, 0.2) is 89.3 Å². The van der Waals surface area contributed by atoms with E-state index in [0.29, 0.717) is 17.6 Å². The summed E-state index contributed by atoms with van der Waals surface area (Å²) in [6, 6.07) is 28.1. The lowest BCUT2D eigenvalue weighted by Gasteiger charge is -2.19. The van der Waals surface area contributed by atoms with Gasteiger partial charge in [0.15, 0.2) is 18.3 Å². The van der Waals surface area contributed by atoms with Gasteiger partial charge in [-0.05, 0) is 42.4 Å². The molecule has 5 heteroatoms. The average molecular weight is 454 g/mol. The first-order valence-electron chi connectivity index (χ1n) is 11.7. The Morgan fingerprint density at radius 3 is 2.41 bits per heavy atom. The van der Waals surface area contributed by atoms with E-state index in [2.05, 4.69) is 30.3 Å². The maximum Gasteiger partial charge on any atom is 0.341 e. The number of aliphatic carboxylic acids is 1. The molecule has 5 nitrogen and oxygen atoms in total. The Morgan fingerprint density at radius 2 is 1.68 bits per heavy atom. The fraction of sp³-hybridized carbons (Fsp3) is 0.241. The minimum absolute atomic E-state index is 0.335. The van der Waals surface area contributed by atoms with Gasteiger partial charge in [-0.15, -0.1) is 0 Å². The highest BCUT2D eigenvalue weighted by Crippen LogP contribution is 2.43. The summed E-state index contributed by atoms with van der Waals surface area (Å²) < 4.78 is 11.8. The normalized spacial score (nSPS) is 17.5. The Morgan fingerprint density at radius 1 is 0.941 bits per heavy atom. The Bertz CT molecular complexity index is 1190. The zero-order valence-electron chi connectivity index (χ0n) is 18.9. The lowest BCUT2D eigenvalue weighted by Crippen LogP contribution is -2.11. The molecule has 2 unspecified atom stereocenters. The third-order valence-electron chi connectivity index (χ3n) is 6.50. The third-order valence-corrected chi connectivity index (χ3v) is 6.50. The van der Waals surface area contributed by atoms with Crippen molar-refractivity contribution in [3.63, 3.8) is 0 Å². The second-order valence-corrected chi connectivity index (χ2v) is 8.77. The first-order valence-corrected chi connectivity index (χ1v) is 11.7. The van der Waals surface area contributed by atoms with Crippen LogP contribution in [-0.4, -0.2) is 22.7 Å². The number of oxazole rings is 1. The Balaban J connectivity index is 1.41. The molecule has 0 bridgehead atoms. The second-order valence-electron chi connectivity index (χ2n) is 8.77. The van der Waals surface area contributed by atoms with E-state index in [1.165, 1.54) is 5.56 Å². The molecule has 2 atom stereocenters. The fourth-order valence-electron chi connectivity index (χ4n) is 4.95. The van der Waals surface area contributed by atoms with Gasteiger partial charge >= 0.3 is 5.97 Å². The minimum Gasteiger partial charge on any atom is -0.482 e. The topological polar surface area (TPSA) is 72.6 Å². The molecule has 1 saturated carbocycles. The van der Waals surface area contributed by atoms with Crippen LogP contribution in [0.25, 0.3) is 22.6 Å². The monoisotopic (exact) mass is 453 g/mol. The maximum absolute atomic E-state index is 10.9. The number of ether oxygens (including phenoxy) is 1. The fourth-order valence-corrected chi connectivity index (χ4v) is 4.95. The summed E-state index contributed by atoms with van der Waals surface area (Å²) in [5, 5.41) is 8.91. The van der Waals surface area contributed by atoms with Gasteiger partial charge in [-0.2, -0.15) is 0 Å². The molecule has 0 saturated heterocycles. The molecule has 1 fully saturated rings. The molecular weight excluding hydrogens is 426 g/mol. The van der Waals surface area contributed by atoms with Crippen molar-refractivity contribution in [2.45, 2.75) is 31.6 Å². The smallest absolute Gasteiger partial charge is 0.341 e. The van der Waals surface area contributed by atoms with Crippen LogP contribution in [0.1, 0.15) is 36.6 Å². The van der Waals surface area contributed by atoms with Gasteiger partial charge in [0.1, 0.15) is 11.4 Å². The van der Waals surface area contributed by atoms with E-state index in [4.69, 9.17) is 19.2 Å². The molecular formula is C29H27NO4. The van der Waals surface area contributed by atoms with Crippen LogP contribution in [0.5, 0.6) is 5.75 Å². The van der Waals surface area contributed by atoms with Crippen LogP contribution in [0.2, 0.25) is 0 Å². The number of benzene rings is 3. The number of hydrogen-bond donors (Lipinski definition) is 1. The quantitative estimate of drug-likeness (QED) is 0.325. The van der Waals surface area contributed by atoms with Crippen molar-refractivity contribution in [2.75, 3.05) is 6.61 Å². The van der Waals surface area contributed by atoms with Crippen molar-refractivity contribution in [3.8, 4) is 28.3 Å². The van der Waals surface area contributed by atoms with Gasteiger partial charge in [0.2, 0.25) is 0 Å². The molecule has 1 heterocycles. The van der Waals surface area contributed by atoms with Gasteiger partial charge in [-0.3, -0.25) is 0 Å². The van der Waals surface area contributed by atoms with Crippen LogP contribution < -0.4 is 4.74 Å². The molecule has 1 aliphatic rings. The molecule has 3 aromatic carbocycles. The lowest BCUT2D eigenvalue weighted by atomic mass is 9.86. The Kier molecular flexibility index (Phi) is 6.43. The summed E-state index contributed by atoms with van der Waals surface area (Å²) in [6.45, 7) is -0.335. The van der Waals surface area contributed by atoms with Crippen molar-refractivity contribution < 1.29 is 19.1 Å². The molecule has 0 radical (unpaired) electrons. The van der Waals surface area contributed by atoms with Gasteiger partial charge in [0.05, 0.1) is 0 Å². The second kappa shape index (κ2) is 9.96. The van der Waals surface area contributed by atoms with Crippen LogP contribution in [0.3, 0.4) is 0 Å². The van der Waals surface area contributed by atoms with Crippen molar-refractivity contribution in [2.24, 2.45) is 5.92 Å². The Hall–Kier alpha value is -3.86. The van der Waals surface area contributed by atoms with Crippen LogP contribution in [-0.2, 0) is 11.2 Å². The Labute approximate surface area is 199 Å². The lowest BCUT2D eigenvalue weighted by molar-refractivity contribution is -0.139. The first kappa shape index (κ1) is 22.0. The van der Waals surface area contributed by atoms with E-state index in [0.717, 1.165) is 54.2 Å². The van der Waals surface area contributed by atoms with Crippen LogP contribution in [0.4, 0.5) is 0 Å². The average Bonchev–Trinajstić information content (AvgIpc) is 3.52. The number of carboxylic acid groups (broad SMARTS) is 1. The van der Waals surface area contributed by atoms with Gasteiger partial charge in [0, 0.05) is 17.5 Å². The van der Waals surface area contributed by atoms with Gasteiger partial charge < -0.3 is 14.3 Å². The van der Waals surface area contributed by atoms with Crippen LogP contribution in [0, 0.1) is 5.92 Å². The molecule has 0 spiro atoms. The molecule has 1 aromatic heterocycles. The summed E-state index contributed by atoms with van der Waals surface area (Å²) in [7, 11) is 0. The molecule has 0 amide bonds. The summed E-state index contributed by atoms with van der Waals surface area (Å²) in [5.74, 6) is 1.95. The summed E-state index contributed by atoms with van der Waals surface area (Å²) in [5.41, 5.74) is 4.12. The number of rotatable bonds is 8. The first-order chi connectivity index (χ1) is 16.7. The summed E-state index contributed by atoms with van der Waals surface area (Å²) >= 11 is 0. The van der Waals surface area contributed by atoms with Crippen molar-refractivity contribution in [1.29, 1.82) is 0 Å². The third kappa shape index (κ3) is 4.88. The highest BCUT2D eigenvalue weighted by atomic mass is 16.5. The molecule has 4 aromatic rings. The maximum atomic E-state index is 10.9. The van der Waals surface area contributed by atoms with Crippen molar-refractivity contribution in [3.05, 3.63) is 96.4 Å². The van der Waals surface area contributed by atoms with Gasteiger partial charge in [0.25, 0.3) is 0 Å². The summed E-state index contributed by atoms with van der Waals surface area (Å²) in [4.78, 5) is 15.8. The standard InChI is InChI=1S/C29H27NO4/c31-27(32)19-33-24-15-7-13-22(17-24)25-16-8-14-23(25)18-26-30-28(20-9-3-1-4-10-20)29(34-26)21-11-5-2-6-12-21/h1-7,9-13,15,17,23,25H,8,14,16,18-19H2,(H,31,32). The summed E-state index contributed by atoms with van der Waals surface area (Å²) in [6.07, 6.45) is 4.10. The number of carboxylic acids is 1. The van der Waals surface area contributed by atoms with Gasteiger partial charge in [-0.1, -0.05) is 79.2 Å². The number of nitrogens with zero attached hydrogens (tertiary/aromatic N) is 1. The SMILES string of the molecule is O=C(O)COc1cccc(C2CCCC2Cc2nc(-c3ccccc3)c(-c3ccccc3)o2)c1. The molecule has 1 N–H and O–H groups in total. The zero-order chi connectivity index (χ0) is 23.3. The predicted molar refractivity (Wildman–Crippen MR) is 131 cm³/mol.